The highest BCUT2D eigenvalue weighted by molar-refractivity contribution is 5.33. The fourth-order valence-electron chi connectivity index (χ4n) is 1.46. The molecule has 0 heterocycles. The highest BCUT2D eigenvalue weighted by atomic mass is 16.5. The average molecular weight is 207 g/mol. The Labute approximate surface area is 92.9 Å². The third-order valence-corrected chi connectivity index (χ3v) is 2.33. The number of benzene rings is 1. The van der Waals surface area contributed by atoms with Crippen molar-refractivity contribution in [3.05, 3.63) is 29.3 Å². The van der Waals surface area contributed by atoms with Gasteiger partial charge in [0.1, 0.15) is 12.4 Å². The minimum atomic E-state index is 0.750. The van der Waals surface area contributed by atoms with Crippen molar-refractivity contribution >= 4 is 0 Å². The van der Waals surface area contributed by atoms with Gasteiger partial charge in [-0.3, -0.25) is 0 Å². The van der Waals surface area contributed by atoms with E-state index in [4.69, 9.17) is 4.74 Å². The summed E-state index contributed by atoms with van der Waals surface area (Å²) in [5.74, 6) is 0.994. The van der Waals surface area contributed by atoms with E-state index in [2.05, 4.69) is 51.0 Å². The fraction of sp³-hybridized carbons (Fsp3) is 0.538. The highest BCUT2D eigenvalue weighted by Crippen LogP contribution is 2.17. The van der Waals surface area contributed by atoms with E-state index < -0.39 is 0 Å². The Hall–Kier alpha value is -1.02. The van der Waals surface area contributed by atoms with Crippen LogP contribution < -0.4 is 4.74 Å². The molecular weight excluding hydrogens is 186 g/mol. The lowest BCUT2D eigenvalue weighted by Crippen LogP contribution is -2.19. The van der Waals surface area contributed by atoms with Gasteiger partial charge in [0.05, 0.1) is 0 Å². The van der Waals surface area contributed by atoms with Crippen LogP contribution in [0.25, 0.3) is 0 Å². The number of nitrogens with zero attached hydrogens (tertiary/aromatic N) is 1. The van der Waals surface area contributed by atoms with Crippen LogP contribution in [0.5, 0.6) is 5.75 Å². The molecule has 2 nitrogen and oxygen atoms in total. The summed E-state index contributed by atoms with van der Waals surface area (Å²) >= 11 is 0. The zero-order valence-electron chi connectivity index (χ0n) is 10.2. The SMILES string of the molecule is CCc1cc(C)cc(OCCN(C)C)c1. The number of aryl methyl sites for hydroxylation is 2. The molecule has 0 saturated heterocycles. The molecule has 0 aliphatic carbocycles. The van der Waals surface area contributed by atoms with Crippen LogP contribution in [0.3, 0.4) is 0 Å². The second kappa shape index (κ2) is 5.76. The Balaban J connectivity index is 2.56. The van der Waals surface area contributed by atoms with E-state index in [1.54, 1.807) is 0 Å². The largest absolute Gasteiger partial charge is 0.492 e. The fourth-order valence-corrected chi connectivity index (χ4v) is 1.46. The first-order valence-corrected chi connectivity index (χ1v) is 5.50. The summed E-state index contributed by atoms with van der Waals surface area (Å²) in [5.41, 5.74) is 2.61. The lowest BCUT2D eigenvalue weighted by atomic mass is 10.1. The van der Waals surface area contributed by atoms with Crippen LogP contribution in [-0.4, -0.2) is 32.1 Å². The van der Waals surface area contributed by atoms with Crippen LogP contribution >= 0.6 is 0 Å². The van der Waals surface area contributed by atoms with Gasteiger partial charge in [-0.25, -0.2) is 0 Å². The maximum atomic E-state index is 5.70. The Morgan fingerprint density at radius 3 is 2.53 bits per heavy atom. The van der Waals surface area contributed by atoms with Gasteiger partial charge in [0, 0.05) is 6.54 Å². The first-order chi connectivity index (χ1) is 7.11. The molecule has 0 amide bonds. The molecule has 1 rings (SSSR count). The molecule has 84 valence electrons. The zero-order valence-corrected chi connectivity index (χ0v) is 10.2. The first kappa shape index (κ1) is 12.1. The van der Waals surface area contributed by atoms with Crippen molar-refractivity contribution in [3.63, 3.8) is 0 Å². The van der Waals surface area contributed by atoms with Crippen molar-refractivity contribution in [1.82, 2.24) is 4.90 Å². The Morgan fingerprint density at radius 1 is 1.20 bits per heavy atom. The average Bonchev–Trinajstić information content (AvgIpc) is 2.16. The number of ether oxygens (including phenoxy) is 1. The molecule has 0 atom stereocenters. The van der Waals surface area contributed by atoms with Crippen LogP contribution in [0, 0.1) is 6.92 Å². The molecule has 0 aliphatic rings. The van der Waals surface area contributed by atoms with E-state index in [1.807, 2.05) is 0 Å². The summed E-state index contributed by atoms with van der Waals surface area (Å²) in [5, 5.41) is 0. The third-order valence-electron chi connectivity index (χ3n) is 2.33. The summed E-state index contributed by atoms with van der Waals surface area (Å²) in [7, 11) is 4.11. The Bertz CT molecular complexity index is 307. The lowest BCUT2D eigenvalue weighted by Gasteiger charge is -2.12. The second-order valence-corrected chi connectivity index (χ2v) is 4.16. The molecular formula is C13H21NO. The normalized spacial score (nSPS) is 10.7. The molecule has 0 aromatic heterocycles. The van der Waals surface area contributed by atoms with Crippen molar-refractivity contribution < 1.29 is 4.74 Å². The predicted octanol–water partition coefficient (Wildman–Crippen LogP) is 2.50. The van der Waals surface area contributed by atoms with Crippen molar-refractivity contribution in [2.24, 2.45) is 0 Å². The molecule has 15 heavy (non-hydrogen) atoms. The van der Waals surface area contributed by atoms with Crippen molar-refractivity contribution in [2.75, 3.05) is 27.2 Å². The van der Waals surface area contributed by atoms with Gasteiger partial charge in [0.15, 0.2) is 0 Å². The van der Waals surface area contributed by atoms with Gasteiger partial charge in [-0.2, -0.15) is 0 Å². The van der Waals surface area contributed by atoms with Crippen molar-refractivity contribution in [3.8, 4) is 5.75 Å². The number of likely N-dealkylation sites (N-methyl/N-ethyl adjacent to an activating group) is 1. The molecule has 0 spiro atoms. The molecule has 0 radical (unpaired) electrons. The standard InChI is InChI=1S/C13H21NO/c1-5-12-8-11(2)9-13(10-12)15-7-6-14(3)4/h8-10H,5-7H2,1-4H3. The van der Waals surface area contributed by atoms with Crippen LogP contribution in [0.1, 0.15) is 18.1 Å². The van der Waals surface area contributed by atoms with Gasteiger partial charge < -0.3 is 9.64 Å². The van der Waals surface area contributed by atoms with E-state index in [1.165, 1.54) is 11.1 Å². The monoisotopic (exact) mass is 207 g/mol. The van der Waals surface area contributed by atoms with Crippen LogP contribution in [0.4, 0.5) is 0 Å². The Morgan fingerprint density at radius 2 is 1.93 bits per heavy atom. The minimum Gasteiger partial charge on any atom is -0.492 e. The smallest absolute Gasteiger partial charge is 0.119 e. The predicted molar refractivity (Wildman–Crippen MR) is 64.6 cm³/mol. The summed E-state index contributed by atoms with van der Waals surface area (Å²) in [6.07, 6.45) is 1.06. The van der Waals surface area contributed by atoms with Crippen molar-refractivity contribution in [2.45, 2.75) is 20.3 Å². The molecule has 1 aromatic rings. The maximum Gasteiger partial charge on any atom is 0.119 e. The minimum absolute atomic E-state index is 0.750. The summed E-state index contributed by atoms with van der Waals surface area (Å²) in [4.78, 5) is 2.12. The quantitative estimate of drug-likeness (QED) is 0.735. The number of hydrogen-bond acceptors (Lipinski definition) is 2. The van der Waals surface area contributed by atoms with Crippen LogP contribution in [0.15, 0.2) is 18.2 Å². The maximum absolute atomic E-state index is 5.70. The van der Waals surface area contributed by atoms with Gasteiger partial charge in [-0.15, -0.1) is 0 Å². The molecule has 0 aliphatic heterocycles. The molecule has 0 saturated carbocycles. The first-order valence-electron chi connectivity index (χ1n) is 5.50. The highest BCUT2D eigenvalue weighted by Gasteiger charge is 1.98. The molecule has 0 fully saturated rings. The second-order valence-electron chi connectivity index (χ2n) is 4.16. The van der Waals surface area contributed by atoms with Gasteiger partial charge in [0.25, 0.3) is 0 Å². The third kappa shape index (κ3) is 4.34. The van der Waals surface area contributed by atoms with Crippen LogP contribution in [0.2, 0.25) is 0 Å². The molecule has 0 N–H and O–H groups in total. The summed E-state index contributed by atoms with van der Waals surface area (Å²) in [6, 6.07) is 6.43. The molecule has 0 bridgehead atoms. The number of rotatable bonds is 5. The van der Waals surface area contributed by atoms with E-state index >= 15 is 0 Å². The van der Waals surface area contributed by atoms with Gasteiger partial charge >= 0.3 is 0 Å². The zero-order chi connectivity index (χ0) is 11.3. The summed E-state index contributed by atoms with van der Waals surface area (Å²) in [6.45, 7) is 5.98. The molecule has 2 heteroatoms. The van der Waals surface area contributed by atoms with Gasteiger partial charge in [-0.05, 0) is 50.7 Å². The Kier molecular flexibility index (Phi) is 4.63. The van der Waals surface area contributed by atoms with Gasteiger partial charge in [0.2, 0.25) is 0 Å². The lowest BCUT2D eigenvalue weighted by molar-refractivity contribution is 0.261. The molecule has 1 aromatic carbocycles. The van der Waals surface area contributed by atoms with E-state index in [0.29, 0.717) is 0 Å². The van der Waals surface area contributed by atoms with E-state index in [0.717, 1.165) is 25.3 Å². The van der Waals surface area contributed by atoms with Crippen molar-refractivity contribution in [1.29, 1.82) is 0 Å². The summed E-state index contributed by atoms with van der Waals surface area (Å²) < 4.78 is 5.70. The van der Waals surface area contributed by atoms with E-state index in [9.17, 15) is 0 Å². The molecule has 0 unspecified atom stereocenters. The van der Waals surface area contributed by atoms with Crippen LogP contribution in [-0.2, 0) is 6.42 Å². The van der Waals surface area contributed by atoms with E-state index in [-0.39, 0.29) is 0 Å². The van der Waals surface area contributed by atoms with Gasteiger partial charge in [-0.1, -0.05) is 13.0 Å². The number of hydrogen-bond donors (Lipinski definition) is 0. The topological polar surface area (TPSA) is 12.5 Å².